The highest BCUT2D eigenvalue weighted by Crippen LogP contribution is 2.55. The van der Waals surface area contributed by atoms with E-state index in [0.29, 0.717) is 23.0 Å². The number of aryl methyl sites for hydroxylation is 1. The molecule has 0 aliphatic heterocycles. The highest BCUT2D eigenvalue weighted by molar-refractivity contribution is 6.35. The second-order valence-corrected chi connectivity index (χ2v) is 36.6. The lowest BCUT2D eigenvalue weighted by Gasteiger charge is -2.43. The Morgan fingerprint density at radius 3 is 1.20 bits per heavy atom. The minimum atomic E-state index is -0.990. The monoisotopic (exact) mass is 1970 g/mol. The molecule has 2 heterocycles. The van der Waals surface area contributed by atoms with Gasteiger partial charge in [0, 0.05) is 134 Å². The van der Waals surface area contributed by atoms with Crippen molar-refractivity contribution >= 4 is 112 Å². The van der Waals surface area contributed by atoms with E-state index in [9.17, 15) is 86.0 Å². The van der Waals surface area contributed by atoms with Gasteiger partial charge in [0.05, 0.1) is 85.1 Å². The molecule has 0 saturated heterocycles. The van der Waals surface area contributed by atoms with Gasteiger partial charge in [0.1, 0.15) is 86.9 Å². The molecule has 25 nitrogen and oxygen atoms in total. The van der Waals surface area contributed by atoms with Crippen molar-refractivity contribution in [3.8, 4) is 69.2 Å². The lowest BCUT2D eigenvalue weighted by atomic mass is 9.76. The Morgan fingerprint density at radius 2 is 0.823 bits per heavy atom. The van der Waals surface area contributed by atoms with Crippen LogP contribution >= 0.6 is 0 Å². The molecule has 5 aliphatic rings. The van der Waals surface area contributed by atoms with Gasteiger partial charge in [-0.2, -0.15) is 0 Å². The smallest absolute Gasteiger partial charge is 0.268 e. The number of carbonyl (C=O) groups excluding carboxylic acids is 3. The van der Waals surface area contributed by atoms with E-state index >= 15 is 0 Å². The molecule has 0 radical (unpaired) electrons. The maximum atomic E-state index is 13.6. The molecule has 4 atom stereocenters. The molecular weight excluding hydrogens is 1850 g/mol. The van der Waals surface area contributed by atoms with Gasteiger partial charge in [-0.3, -0.25) is 19.3 Å². The number of phenolic OH excluding ortho intramolecular Hbond substituents is 9. The molecule has 14 aromatic rings. The van der Waals surface area contributed by atoms with Gasteiger partial charge in [0.25, 0.3) is 5.70 Å². The predicted octanol–water partition coefficient (Wildman–Crippen LogP) is 26.4. The summed E-state index contributed by atoms with van der Waals surface area (Å²) < 4.78 is 3.94. The number of Topliss-reactive ketones (excluding diaryl/α,β-unsaturated/α-hetero) is 3. The molecule has 0 spiro atoms. The van der Waals surface area contributed by atoms with Crippen molar-refractivity contribution in [2.24, 2.45) is 5.92 Å². The van der Waals surface area contributed by atoms with Gasteiger partial charge < -0.3 is 95.1 Å². The van der Waals surface area contributed by atoms with E-state index in [0.717, 1.165) is 173 Å². The number of unbranched alkanes of at least 4 members (excludes halogenated alkanes) is 2. The maximum absolute atomic E-state index is 13.6. The van der Waals surface area contributed by atoms with Gasteiger partial charge in [-0.05, 0) is 156 Å². The fourth-order valence-electron chi connectivity index (χ4n) is 19.8. The number of rotatable bonds is 29. The Bertz CT molecular complexity index is 7480. The third-order valence-corrected chi connectivity index (χ3v) is 26.5. The zero-order valence-corrected chi connectivity index (χ0v) is 83.7. The maximum Gasteiger partial charge on any atom is 0.268 e. The van der Waals surface area contributed by atoms with Gasteiger partial charge >= 0.3 is 0 Å². The number of hydrogen-bond acceptors (Lipinski definition) is 22. The first-order valence-corrected chi connectivity index (χ1v) is 49.7. The number of para-hydroxylation sites is 7. The molecule has 750 valence electrons. The van der Waals surface area contributed by atoms with Crippen molar-refractivity contribution in [3.63, 3.8) is 0 Å². The first-order valence-electron chi connectivity index (χ1n) is 49.7. The number of aromatic nitrogens is 2. The predicted molar refractivity (Wildman–Crippen MR) is 584 cm³/mol. The zero-order valence-electron chi connectivity index (χ0n) is 83.7. The standard InChI is InChI=1S/C34H24N2O4.C31H40N2O4.C30H32N2O4.C25H19N3O4.C2H6/c37-28-19-23(36-26-17-9-7-15-24(26)25-16-8-10-18-27(25)36)20-29(38)30(28)31-33(39)32(34(31)40)35(21-11-3-1-4-12-21)22-13-5-2-6-14-22;1-7-10-11-22(9-3)33(23-14-12-21(6)13-15-23)29-30(36)28(31(29)37)27-25(34)17-24(18-26(27)35)32(16-8-2)19-20(4)5;1-3-5-15-31(16-6-4-2)28-29(35)27(30(28)36)26-24(33)17-19(18-25(26)34)32-22-13-9-7-11-20(22)21-12-8-10-14-23(21)32;1-27-18(14-26)21-23(22-19(30)12-17(29)13-20(22)31)25(32)24(21)28(15-8-4-2-5-9-15)16-10-6-3-7-11-16;1-2/h1-20,32,37-39H;9-15,17-18,20,29,34-36H,7-8,16,19H2,1-6H3;7-14,17-18,28,33-35H,3-6,15-16H2,1-2H3;2,4-6,8-13,24,29-32H,3,7H2;1-2H3/b;11-10-,22-9+;;21-18-;. The van der Waals surface area contributed by atoms with Crippen LogP contribution in [0.4, 0.5) is 28.4 Å². The van der Waals surface area contributed by atoms with Gasteiger partial charge in [-0.25, -0.2) is 10.1 Å². The summed E-state index contributed by atoms with van der Waals surface area (Å²) in [5, 5.41) is 155. The molecular formula is C122H121N9O16. The van der Waals surface area contributed by atoms with Crippen LogP contribution in [0.25, 0.3) is 82.1 Å². The minimum Gasteiger partial charge on any atom is -0.509 e. The Balaban J connectivity index is 0.000000147. The van der Waals surface area contributed by atoms with Crippen LogP contribution in [0.1, 0.15) is 141 Å². The number of phenols is 9. The molecule has 4 unspecified atom stereocenters. The van der Waals surface area contributed by atoms with E-state index in [1.165, 1.54) is 12.1 Å². The molecule has 0 amide bonds. The number of anilines is 5. The molecule has 19 rings (SSSR count). The highest BCUT2D eigenvalue weighted by atomic mass is 16.3. The molecule has 12 aromatic carbocycles. The molecule has 0 bridgehead atoms. The Kier molecular flexibility index (Phi) is 32.3. The summed E-state index contributed by atoms with van der Waals surface area (Å²) >= 11 is 0. The Hall–Kier alpha value is -17.6. The minimum absolute atomic E-state index is 0.00105. The normalized spacial score (nSPS) is 16.1. The average Bonchev–Trinajstić information content (AvgIpc) is 1.61. The number of nitrogens with zero attached hydrogens (tertiary/aromatic N) is 9. The third-order valence-electron chi connectivity index (χ3n) is 26.5. The van der Waals surface area contributed by atoms with E-state index in [2.05, 4.69) is 44.4 Å². The fraction of sp³-hybridized carbons (Fsp3) is 0.221. The molecule has 0 saturated carbocycles. The van der Waals surface area contributed by atoms with E-state index in [1.807, 2.05) is 308 Å². The zero-order chi connectivity index (χ0) is 105. The van der Waals surface area contributed by atoms with Gasteiger partial charge in [-0.1, -0.05) is 238 Å². The van der Waals surface area contributed by atoms with Crippen LogP contribution < -0.4 is 19.6 Å². The second kappa shape index (κ2) is 45.8. The van der Waals surface area contributed by atoms with Crippen molar-refractivity contribution in [1.82, 2.24) is 14.0 Å². The Labute approximate surface area is 854 Å². The number of fused-ring (bicyclic) bond motifs is 6. The Morgan fingerprint density at radius 1 is 0.442 bits per heavy atom. The van der Waals surface area contributed by atoms with Crippen LogP contribution in [0.5, 0.6) is 51.7 Å². The molecule has 147 heavy (non-hydrogen) atoms. The molecule has 0 fully saturated rings. The van der Waals surface area contributed by atoms with Gasteiger partial charge in [-0.15, -0.1) is 0 Å². The summed E-state index contributed by atoms with van der Waals surface area (Å²) in [6.45, 7) is 30.9. The summed E-state index contributed by atoms with van der Waals surface area (Å²) in [6, 6.07) is 77.0. The average molecular weight is 1970 g/mol. The number of hydrogen-bond donors (Lipinski definition) is 13. The second-order valence-electron chi connectivity index (χ2n) is 36.6. The van der Waals surface area contributed by atoms with E-state index < -0.39 is 41.4 Å². The number of aromatic hydroxyl groups is 9. The van der Waals surface area contributed by atoms with E-state index in [1.54, 1.807) is 34.1 Å². The lowest BCUT2D eigenvalue weighted by Crippen LogP contribution is -2.50. The van der Waals surface area contributed by atoms with Crippen molar-refractivity contribution in [2.75, 3.05) is 45.8 Å². The number of carbonyl (C=O) groups is 3. The summed E-state index contributed by atoms with van der Waals surface area (Å²) in [5.41, 5.74) is 10.6. The first-order chi connectivity index (χ1) is 71.1. The molecule has 25 heteroatoms. The number of nitriles is 1. The summed E-state index contributed by atoms with van der Waals surface area (Å²) in [7, 11) is 0. The van der Waals surface area contributed by atoms with Crippen molar-refractivity contribution in [1.29, 1.82) is 5.26 Å². The van der Waals surface area contributed by atoms with Crippen LogP contribution in [0.15, 0.2) is 343 Å². The van der Waals surface area contributed by atoms with Crippen molar-refractivity contribution < 1.29 is 80.8 Å². The van der Waals surface area contributed by atoms with E-state index in [-0.39, 0.29) is 131 Å². The van der Waals surface area contributed by atoms with Crippen LogP contribution in [0.3, 0.4) is 0 Å². The quantitative estimate of drug-likeness (QED) is 0.0118. The van der Waals surface area contributed by atoms with Crippen LogP contribution in [0, 0.1) is 30.7 Å². The number of aliphatic hydroxyl groups is 4. The third kappa shape index (κ3) is 20.4. The van der Waals surface area contributed by atoms with Crippen molar-refractivity contribution in [3.05, 3.63) is 382 Å². The highest BCUT2D eigenvalue weighted by Gasteiger charge is 2.51. The van der Waals surface area contributed by atoms with Crippen LogP contribution in [-0.4, -0.2) is 148 Å². The molecule has 5 aliphatic carbocycles. The number of benzene rings is 12. The van der Waals surface area contributed by atoms with E-state index in [4.69, 9.17) is 6.57 Å². The van der Waals surface area contributed by atoms with Crippen molar-refractivity contribution in [2.45, 2.75) is 145 Å². The molecule has 2 aromatic heterocycles. The lowest BCUT2D eigenvalue weighted by molar-refractivity contribution is -0.121. The van der Waals surface area contributed by atoms with Crippen LogP contribution in [-0.2, 0) is 14.4 Å². The van der Waals surface area contributed by atoms with Crippen LogP contribution in [0.2, 0.25) is 0 Å². The number of aliphatic hydroxyl groups excluding tert-OH is 4. The largest absolute Gasteiger partial charge is 0.509 e. The molecule has 13 N–H and O–H groups in total. The number of ketones is 3. The van der Waals surface area contributed by atoms with Gasteiger partial charge in [0.15, 0.2) is 29.4 Å². The summed E-state index contributed by atoms with van der Waals surface area (Å²) in [4.78, 5) is 53.2. The number of allylic oxidation sites excluding steroid dienone is 7. The first kappa shape index (κ1) is 104. The topological polar surface area (TPSA) is 368 Å². The summed E-state index contributed by atoms with van der Waals surface area (Å²) in [5.74, 6) is -4.19. The SMILES string of the molecule is C/C=C(\C=C/CC)N(c1ccc(C)cc1)C1C(=O)C(c2c(O)cc(N(CCC)CC(C)C)cc2O)=C1O.CC.CCCCN(CCCC)C1C(=O)C(c2c(O)cc(-n3c4ccccc4c4ccccc43)cc2O)=C1O.O=C1C(c2c(O)cc(-n3c4ccccc4c4ccccc43)cc2O)=C(O)C1N(c1ccccc1)c1ccccc1.[C-]#[N+]/C(C#N)=C1/C(c2c(O)cc(O)cc2O)=C(O)C1N(C1=CCCC=C1)c1ccccc1. The fourth-order valence-corrected chi connectivity index (χ4v) is 19.8. The summed E-state index contributed by atoms with van der Waals surface area (Å²) in [6.07, 6.45) is 19.0. The van der Waals surface area contributed by atoms with Gasteiger partial charge in [0.2, 0.25) is 0 Å².